The van der Waals surface area contributed by atoms with E-state index in [1.807, 2.05) is 12.1 Å². The molecule has 0 amide bonds. The summed E-state index contributed by atoms with van der Waals surface area (Å²) in [5.41, 5.74) is 2.12. The predicted octanol–water partition coefficient (Wildman–Crippen LogP) is 3.25. The van der Waals surface area contributed by atoms with Crippen LogP contribution in [0, 0.1) is 5.92 Å². The van der Waals surface area contributed by atoms with Crippen molar-refractivity contribution in [3.8, 4) is 11.4 Å². The largest absolute Gasteiger partial charge is 0.382 e. The molecule has 2 aromatic rings. The number of anilines is 1. The fraction of sp³-hybridized carbons (Fsp3) is 0.533. The quantitative estimate of drug-likeness (QED) is 0.895. The number of hydrogen-bond acceptors (Lipinski definition) is 4. The van der Waals surface area contributed by atoms with Gasteiger partial charge in [0.05, 0.1) is 0 Å². The lowest BCUT2D eigenvalue weighted by Gasteiger charge is -2.29. The van der Waals surface area contributed by atoms with Crippen LogP contribution in [0.1, 0.15) is 39.0 Å². The van der Waals surface area contributed by atoms with E-state index in [0.717, 1.165) is 17.2 Å². The lowest BCUT2D eigenvalue weighted by atomic mass is 9.84. The molecule has 0 bridgehead atoms. The molecular formula is C15H21N5. The van der Waals surface area contributed by atoms with Gasteiger partial charge >= 0.3 is 0 Å². The maximum absolute atomic E-state index is 4.02. The molecule has 5 nitrogen and oxygen atoms in total. The van der Waals surface area contributed by atoms with Crippen molar-refractivity contribution in [2.75, 3.05) is 5.32 Å². The summed E-state index contributed by atoms with van der Waals surface area (Å²) in [5, 5.41) is 17.8. The number of H-pyrrole nitrogens is 1. The Bertz CT molecular complexity index is 531. The van der Waals surface area contributed by atoms with Gasteiger partial charge in [-0.15, -0.1) is 10.2 Å². The Hall–Kier alpha value is -1.91. The third-order valence-electron chi connectivity index (χ3n) is 4.22. The van der Waals surface area contributed by atoms with E-state index in [2.05, 4.69) is 45.0 Å². The third-order valence-corrected chi connectivity index (χ3v) is 4.22. The van der Waals surface area contributed by atoms with Gasteiger partial charge in [-0.25, -0.2) is 0 Å². The Morgan fingerprint density at radius 1 is 1.25 bits per heavy atom. The summed E-state index contributed by atoms with van der Waals surface area (Å²) in [7, 11) is 0. The minimum Gasteiger partial charge on any atom is -0.382 e. The number of nitrogens with zero attached hydrogens (tertiary/aromatic N) is 3. The highest BCUT2D eigenvalue weighted by atomic mass is 15.5. The summed E-state index contributed by atoms with van der Waals surface area (Å²) in [6.45, 7) is 2.29. The van der Waals surface area contributed by atoms with Crippen LogP contribution in [-0.4, -0.2) is 26.7 Å². The summed E-state index contributed by atoms with van der Waals surface area (Å²) in [4.78, 5) is 0. The Balaban J connectivity index is 1.69. The van der Waals surface area contributed by atoms with E-state index in [4.69, 9.17) is 0 Å². The lowest BCUT2D eigenvalue weighted by Crippen LogP contribution is -2.27. The Labute approximate surface area is 119 Å². The molecule has 0 spiro atoms. The first-order chi connectivity index (χ1) is 9.83. The van der Waals surface area contributed by atoms with Gasteiger partial charge in [-0.3, -0.25) is 0 Å². The molecule has 1 aromatic carbocycles. The first-order valence-corrected chi connectivity index (χ1v) is 7.43. The molecule has 2 N–H and O–H groups in total. The number of aromatic nitrogens is 4. The van der Waals surface area contributed by atoms with Gasteiger partial charge in [0.2, 0.25) is 5.82 Å². The van der Waals surface area contributed by atoms with Gasteiger partial charge < -0.3 is 5.32 Å². The van der Waals surface area contributed by atoms with Gasteiger partial charge in [0.25, 0.3) is 0 Å². The van der Waals surface area contributed by atoms with E-state index in [1.165, 1.54) is 32.1 Å². The number of nitrogens with one attached hydrogen (secondary N) is 2. The van der Waals surface area contributed by atoms with E-state index in [9.17, 15) is 0 Å². The molecule has 1 aliphatic carbocycles. The van der Waals surface area contributed by atoms with E-state index in [1.54, 1.807) is 0 Å². The molecule has 1 unspecified atom stereocenters. The van der Waals surface area contributed by atoms with Crippen molar-refractivity contribution >= 4 is 5.69 Å². The van der Waals surface area contributed by atoms with E-state index in [-0.39, 0.29) is 0 Å². The first kappa shape index (κ1) is 13.1. The summed E-state index contributed by atoms with van der Waals surface area (Å²) in [6.07, 6.45) is 6.84. The highest BCUT2D eigenvalue weighted by molar-refractivity contribution is 5.61. The molecule has 5 heteroatoms. The first-order valence-electron chi connectivity index (χ1n) is 7.43. The molecule has 1 aromatic heterocycles. The number of rotatable bonds is 4. The summed E-state index contributed by atoms with van der Waals surface area (Å²) in [5.74, 6) is 1.43. The number of aromatic amines is 1. The van der Waals surface area contributed by atoms with Crippen LogP contribution in [0.3, 0.4) is 0 Å². The van der Waals surface area contributed by atoms with Crippen molar-refractivity contribution in [2.45, 2.75) is 45.1 Å². The van der Waals surface area contributed by atoms with E-state index < -0.39 is 0 Å². The smallest absolute Gasteiger partial charge is 0.204 e. The van der Waals surface area contributed by atoms with Crippen molar-refractivity contribution in [1.29, 1.82) is 0 Å². The van der Waals surface area contributed by atoms with Gasteiger partial charge in [-0.05, 0) is 43.0 Å². The highest BCUT2D eigenvalue weighted by Crippen LogP contribution is 2.28. The van der Waals surface area contributed by atoms with Gasteiger partial charge in [-0.1, -0.05) is 31.4 Å². The number of tetrazole rings is 1. The number of benzene rings is 1. The van der Waals surface area contributed by atoms with Gasteiger partial charge in [-0.2, -0.15) is 5.21 Å². The van der Waals surface area contributed by atoms with Gasteiger partial charge in [0.15, 0.2) is 0 Å². The summed E-state index contributed by atoms with van der Waals surface area (Å²) < 4.78 is 0. The normalized spacial score (nSPS) is 17.9. The summed E-state index contributed by atoms with van der Waals surface area (Å²) in [6, 6.07) is 8.73. The average molecular weight is 271 g/mol. The minimum absolute atomic E-state index is 0.510. The standard InChI is InChI=1S/C15H21N5/c1-11(12-6-3-2-4-7-12)16-14-9-5-8-13(10-14)15-17-19-20-18-15/h5,8-12,16H,2-4,6-7H2,1H3,(H,17,18,19,20). The van der Waals surface area contributed by atoms with Crippen LogP contribution in [0.5, 0.6) is 0 Å². The lowest BCUT2D eigenvalue weighted by molar-refractivity contribution is 0.328. The van der Waals surface area contributed by atoms with Crippen LogP contribution >= 0.6 is 0 Å². The van der Waals surface area contributed by atoms with Crippen LogP contribution in [0.15, 0.2) is 24.3 Å². The topological polar surface area (TPSA) is 66.5 Å². The van der Waals surface area contributed by atoms with Gasteiger partial charge in [0.1, 0.15) is 0 Å². The minimum atomic E-state index is 0.510. The fourth-order valence-corrected chi connectivity index (χ4v) is 3.05. The molecule has 0 aliphatic heterocycles. The second-order valence-corrected chi connectivity index (χ2v) is 5.65. The maximum Gasteiger partial charge on any atom is 0.204 e. The molecule has 0 saturated heterocycles. The van der Waals surface area contributed by atoms with E-state index >= 15 is 0 Å². The van der Waals surface area contributed by atoms with E-state index in [0.29, 0.717) is 11.9 Å². The molecule has 0 radical (unpaired) electrons. The molecule has 1 heterocycles. The van der Waals surface area contributed by atoms with Crippen LogP contribution in [0.25, 0.3) is 11.4 Å². The Morgan fingerprint density at radius 3 is 2.85 bits per heavy atom. The van der Waals surface area contributed by atoms with Crippen molar-refractivity contribution in [3.05, 3.63) is 24.3 Å². The monoisotopic (exact) mass is 271 g/mol. The fourth-order valence-electron chi connectivity index (χ4n) is 3.05. The average Bonchev–Trinajstić information content (AvgIpc) is 3.03. The Kier molecular flexibility index (Phi) is 3.95. The molecular weight excluding hydrogens is 250 g/mol. The van der Waals surface area contributed by atoms with Crippen molar-refractivity contribution in [1.82, 2.24) is 20.6 Å². The molecule has 20 heavy (non-hydrogen) atoms. The highest BCUT2D eigenvalue weighted by Gasteiger charge is 2.19. The van der Waals surface area contributed by atoms with Crippen LogP contribution < -0.4 is 5.32 Å². The molecule has 1 aliphatic rings. The third kappa shape index (κ3) is 2.98. The zero-order valence-corrected chi connectivity index (χ0v) is 11.8. The van der Waals surface area contributed by atoms with Crippen molar-refractivity contribution in [3.63, 3.8) is 0 Å². The molecule has 1 fully saturated rings. The van der Waals surface area contributed by atoms with Crippen LogP contribution in [0.2, 0.25) is 0 Å². The zero-order chi connectivity index (χ0) is 13.8. The van der Waals surface area contributed by atoms with Crippen LogP contribution in [0.4, 0.5) is 5.69 Å². The second-order valence-electron chi connectivity index (χ2n) is 5.65. The molecule has 3 rings (SSSR count). The number of hydrogen-bond donors (Lipinski definition) is 2. The molecule has 1 atom stereocenters. The summed E-state index contributed by atoms with van der Waals surface area (Å²) >= 11 is 0. The zero-order valence-electron chi connectivity index (χ0n) is 11.8. The van der Waals surface area contributed by atoms with Gasteiger partial charge in [0, 0.05) is 17.3 Å². The maximum atomic E-state index is 4.02. The predicted molar refractivity (Wildman–Crippen MR) is 79.3 cm³/mol. The molecule has 1 saturated carbocycles. The van der Waals surface area contributed by atoms with Crippen molar-refractivity contribution in [2.24, 2.45) is 5.92 Å². The Morgan fingerprint density at radius 2 is 2.10 bits per heavy atom. The second kappa shape index (κ2) is 6.03. The molecule has 106 valence electrons. The van der Waals surface area contributed by atoms with Crippen molar-refractivity contribution < 1.29 is 0 Å². The van der Waals surface area contributed by atoms with Crippen LogP contribution in [-0.2, 0) is 0 Å². The SMILES string of the molecule is CC(Nc1cccc(-c2nn[nH]n2)c1)C1CCCCC1.